The average Bonchev–Trinajstić information content (AvgIpc) is 3.27. The Labute approximate surface area is 157 Å². The molecule has 2 amide bonds. The zero-order valence-corrected chi connectivity index (χ0v) is 15.3. The number of hydrogen-bond acceptors (Lipinski definition) is 4. The molecule has 0 saturated carbocycles. The first-order valence-corrected chi connectivity index (χ1v) is 9.62. The summed E-state index contributed by atoms with van der Waals surface area (Å²) in [6.45, 7) is 2.57. The summed E-state index contributed by atoms with van der Waals surface area (Å²) in [7, 11) is 1.79. The van der Waals surface area contributed by atoms with Crippen LogP contribution < -0.4 is 4.74 Å². The van der Waals surface area contributed by atoms with Gasteiger partial charge < -0.3 is 19.3 Å². The summed E-state index contributed by atoms with van der Waals surface area (Å²) in [6, 6.07) is 8.13. The van der Waals surface area contributed by atoms with Crippen LogP contribution in [0.1, 0.15) is 5.56 Å². The van der Waals surface area contributed by atoms with Crippen molar-refractivity contribution in [3.05, 3.63) is 42.0 Å². The molecule has 27 heavy (non-hydrogen) atoms. The van der Waals surface area contributed by atoms with Crippen molar-refractivity contribution in [3.63, 3.8) is 0 Å². The minimum Gasteiger partial charge on any atom is -0.493 e. The fourth-order valence-corrected chi connectivity index (χ4v) is 5.78. The molecule has 6 heteroatoms. The molecule has 140 valence electrons. The molecule has 6 rings (SSSR count). The van der Waals surface area contributed by atoms with Crippen molar-refractivity contribution < 1.29 is 19.1 Å². The maximum atomic E-state index is 13.3. The number of carbonyl (C=O) groups excluding carboxylic acids is 2. The maximum absolute atomic E-state index is 13.3. The van der Waals surface area contributed by atoms with Gasteiger partial charge in [0.1, 0.15) is 11.4 Å². The number of hydrogen-bond donors (Lipinski definition) is 0. The highest BCUT2D eigenvalue weighted by molar-refractivity contribution is 5.93. The summed E-state index contributed by atoms with van der Waals surface area (Å²) in [4.78, 5) is 29.5. The molecule has 5 aliphatic heterocycles. The van der Waals surface area contributed by atoms with Crippen molar-refractivity contribution in [3.8, 4) is 5.75 Å². The molecule has 4 atom stereocenters. The quantitative estimate of drug-likeness (QED) is 0.692. The highest BCUT2D eigenvalue weighted by atomic mass is 16.5. The molecule has 0 N–H and O–H groups in total. The molecular formula is C21H22N2O4. The van der Waals surface area contributed by atoms with Crippen molar-refractivity contribution in [1.29, 1.82) is 0 Å². The zero-order chi connectivity index (χ0) is 18.4. The van der Waals surface area contributed by atoms with Gasteiger partial charge >= 0.3 is 0 Å². The molecule has 1 aromatic rings. The van der Waals surface area contributed by atoms with E-state index in [-0.39, 0.29) is 35.2 Å². The van der Waals surface area contributed by atoms with E-state index in [1.165, 1.54) is 5.56 Å². The Bertz CT molecular complexity index is 890. The molecule has 0 aliphatic carbocycles. The summed E-state index contributed by atoms with van der Waals surface area (Å²) in [6.07, 6.45) is 4.64. The zero-order valence-electron chi connectivity index (χ0n) is 15.3. The lowest BCUT2D eigenvalue weighted by Crippen LogP contribution is -2.64. The van der Waals surface area contributed by atoms with Crippen LogP contribution in [0.15, 0.2) is 36.4 Å². The predicted molar refractivity (Wildman–Crippen MR) is 96.0 cm³/mol. The smallest absolute Gasteiger partial charge is 0.229 e. The average molecular weight is 366 g/mol. The summed E-state index contributed by atoms with van der Waals surface area (Å²) < 4.78 is 12.1. The second-order valence-electron chi connectivity index (χ2n) is 8.86. The molecule has 2 spiro atoms. The Balaban J connectivity index is 1.21. The van der Waals surface area contributed by atoms with E-state index >= 15 is 0 Å². The van der Waals surface area contributed by atoms with E-state index in [1.807, 2.05) is 35.3 Å². The van der Waals surface area contributed by atoms with Gasteiger partial charge in [-0.25, -0.2) is 0 Å². The second-order valence-corrected chi connectivity index (χ2v) is 8.86. The van der Waals surface area contributed by atoms with E-state index in [0.717, 1.165) is 12.2 Å². The van der Waals surface area contributed by atoms with Crippen LogP contribution in [0, 0.1) is 17.3 Å². The van der Waals surface area contributed by atoms with Crippen LogP contribution in [-0.4, -0.2) is 66.6 Å². The van der Waals surface area contributed by atoms with Gasteiger partial charge in [0.25, 0.3) is 0 Å². The number of rotatable bonds is 1. The Morgan fingerprint density at radius 1 is 1.22 bits per heavy atom. The summed E-state index contributed by atoms with van der Waals surface area (Å²) >= 11 is 0. The molecule has 0 aromatic heterocycles. The third-order valence-electron chi connectivity index (χ3n) is 7.01. The third-order valence-corrected chi connectivity index (χ3v) is 7.01. The standard InChI is InChI=1S/C21H22N2O4/c1-22-11-21-7-6-15(27-21)16(17(21)19(22)25)18(24)23-9-20(10-23)8-13-4-2-3-5-14(13)26-12-20/h2-7,15-17H,8-12H2,1H3/t15-,16-,17+,21-/m0/s1. The van der Waals surface area contributed by atoms with Gasteiger partial charge in [0.15, 0.2) is 0 Å². The number of para-hydroxylation sites is 1. The Morgan fingerprint density at radius 3 is 2.89 bits per heavy atom. The van der Waals surface area contributed by atoms with E-state index < -0.39 is 5.60 Å². The van der Waals surface area contributed by atoms with Gasteiger partial charge in [0.05, 0.1) is 31.1 Å². The van der Waals surface area contributed by atoms with Crippen LogP contribution in [0.3, 0.4) is 0 Å². The topological polar surface area (TPSA) is 59.1 Å². The van der Waals surface area contributed by atoms with E-state index in [0.29, 0.717) is 26.2 Å². The molecule has 0 radical (unpaired) electrons. The highest BCUT2D eigenvalue weighted by Gasteiger charge is 2.67. The predicted octanol–water partition coefficient (Wildman–Crippen LogP) is 0.862. The van der Waals surface area contributed by atoms with Gasteiger partial charge in [-0.1, -0.05) is 30.4 Å². The summed E-state index contributed by atoms with van der Waals surface area (Å²) in [5.41, 5.74) is 0.632. The number of amides is 2. The van der Waals surface area contributed by atoms with Crippen molar-refractivity contribution >= 4 is 11.8 Å². The number of fused-ring (bicyclic) bond motifs is 2. The number of ether oxygens (including phenoxy) is 2. The lowest BCUT2D eigenvalue weighted by Gasteiger charge is -2.52. The van der Waals surface area contributed by atoms with Crippen molar-refractivity contribution in [1.82, 2.24) is 9.80 Å². The Hall–Kier alpha value is -2.34. The number of benzene rings is 1. The summed E-state index contributed by atoms with van der Waals surface area (Å²) in [5, 5.41) is 0. The highest BCUT2D eigenvalue weighted by Crippen LogP contribution is 2.53. The van der Waals surface area contributed by atoms with Crippen LogP contribution in [-0.2, 0) is 20.7 Å². The molecule has 3 saturated heterocycles. The van der Waals surface area contributed by atoms with E-state index in [4.69, 9.17) is 9.47 Å². The third kappa shape index (κ3) is 1.94. The fourth-order valence-electron chi connectivity index (χ4n) is 5.78. The van der Waals surface area contributed by atoms with Crippen LogP contribution >= 0.6 is 0 Å². The molecule has 2 bridgehead atoms. The second kappa shape index (κ2) is 4.93. The molecule has 5 aliphatic rings. The Morgan fingerprint density at radius 2 is 2.04 bits per heavy atom. The maximum Gasteiger partial charge on any atom is 0.229 e. The molecule has 3 fully saturated rings. The largest absolute Gasteiger partial charge is 0.493 e. The van der Waals surface area contributed by atoms with Gasteiger partial charge in [0.2, 0.25) is 11.8 Å². The van der Waals surface area contributed by atoms with Crippen molar-refractivity contribution in [2.24, 2.45) is 17.3 Å². The van der Waals surface area contributed by atoms with E-state index in [1.54, 1.807) is 11.9 Å². The van der Waals surface area contributed by atoms with Crippen molar-refractivity contribution in [2.75, 3.05) is 33.3 Å². The van der Waals surface area contributed by atoms with Gasteiger partial charge in [-0.15, -0.1) is 0 Å². The molecule has 0 unspecified atom stereocenters. The first-order chi connectivity index (χ1) is 13.0. The number of likely N-dealkylation sites (tertiary alicyclic amines) is 2. The van der Waals surface area contributed by atoms with Gasteiger partial charge in [-0.2, -0.15) is 0 Å². The number of nitrogens with zero attached hydrogens (tertiary/aromatic N) is 2. The number of likely N-dealkylation sites (N-methyl/N-ethyl adjacent to an activating group) is 1. The molecule has 6 nitrogen and oxygen atoms in total. The van der Waals surface area contributed by atoms with E-state index in [2.05, 4.69) is 6.07 Å². The minimum absolute atomic E-state index is 0.00644. The Kier molecular flexibility index (Phi) is 2.86. The fraction of sp³-hybridized carbons (Fsp3) is 0.524. The van der Waals surface area contributed by atoms with Crippen LogP contribution in [0.25, 0.3) is 0 Å². The van der Waals surface area contributed by atoms with Crippen molar-refractivity contribution in [2.45, 2.75) is 18.1 Å². The van der Waals surface area contributed by atoms with Gasteiger partial charge in [-0.05, 0) is 18.1 Å². The first kappa shape index (κ1) is 15.7. The molecular weight excluding hydrogens is 344 g/mol. The normalized spacial score (nSPS) is 37.2. The summed E-state index contributed by atoms with van der Waals surface area (Å²) in [5.74, 6) is 0.294. The lowest BCUT2D eigenvalue weighted by molar-refractivity contribution is -0.155. The SMILES string of the molecule is CN1C[C@]23C=C[C@H](O2)[C@H](C(=O)N2CC4(COc5ccccc5C4)C2)[C@@H]3C1=O. The first-order valence-electron chi connectivity index (χ1n) is 9.62. The molecule has 5 heterocycles. The lowest BCUT2D eigenvalue weighted by atomic mass is 9.71. The van der Waals surface area contributed by atoms with Crippen LogP contribution in [0.4, 0.5) is 0 Å². The molecule has 1 aromatic carbocycles. The monoisotopic (exact) mass is 366 g/mol. The number of carbonyl (C=O) groups is 2. The van der Waals surface area contributed by atoms with Crippen LogP contribution in [0.2, 0.25) is 0 Å². The van der Waals surface area contributed by atoms with Crippen LogP contribution in [0.5, 0.6) is 5.75 Å². The minimum atomic E-state index is -0.591. The van der Waals surface area contributed by atoms with Gasteiger partial charge in [-0.3, -0.25) is 9.59 Å². The van der Waals surface area contributed by atoms with E-state index in [9.17, 15) is 9.59 Å². The van der Waals surface area contributed by atoms with Gasteiger partial charge in [0, 0.05) is 25.6 Å².